The van der Waals surface area contributed by atoms with Gasteiger partial charge in [-0.05, 0) is 105 Å². The molecule has 0 saturated carbocycles. The minimum Gasteiger partial charge on any atom is -0.166 e. The Balaban J connectivity index is 1.56. The van der Waals surface area contributed by atoms with Gasteiger partial charge in [0.05, 0.1) is 11.1 Å². The molecule has 0 atom stereocenters. The van der Waals surface area contributed by atoms with Crippen molar-refractivity contribution < 1.29 is 26.3 Å². The quantitative estimate of drug-likeness (QED) is 0.231. The Morgan fingerprint density at radius 2 is 1.18 bits per heavy atom. The predicted octanol–water partition coefficient (Wildman–Crippen LogP) is 9.94. The van der Waals surface area contributed by atoms with Gasteiger partial charge in [-0.3, -0.25) is 0 Å². The normalized spacial score (nSPS) is 14.9. The molecule has 2 aliphatic carbocycles. The molecule has 0 unspecified atom stereocenters. The van der Waals surface area contributed by atoms with Crippen molar-refractivity contribution >= 4 is 21.9 Å². The minimum absolute atomic E-state index is 0.168. The summed E-state index contributed by atoms with van der Waals surface area (Å²) < 4.78 is 81.9. The van der Waals surface area contributed by atoms with Gasteiger partial charge in [-0.1, -0.05) is 60.7 Å². The first-order valence-corrected chi connectivity index (χ1v) is 12.3. The van der Waals surface area contributed by atoms with Crippen molar-refractivity contribution in [3.63, 3.8) is 0 Å². The molecule has 0 amide bonds. The monoisotopic (exact) mass is 520 g/mol. The van der Waals surface area contributed by atoms with Gasteiger partial charge < -0.3 is 0 Å². The molecule has 0 spiro atoms. The highest BCUT2D eigenvalue weighted by Crippen LogP contribution is 2.47. The third-order valence-corrected chi connectivity index (χ3v) is 7.69. The second kappa shape index (κ2) is 8.35. The Labute approximate surface area is 215 Å². The van der Waals surface area contributed by atoms with Crippen molar-refractivity contribution in [2.75, 3.05) is 0 Å². The molecule has 0 aromatic heterocycles. The Morgan fingerprint density at radius 1 is 0.605 bits per heavy atom. The lowest BCUT2D eigenvalue weighted by molar-refractivity contribution is -0.138. The van der Waals surface area contributed by atoms with Crippen LogP contribution in [0.4, 0.5) is 26.3 Å². The van der Waals surface area contributed by atoms with E-state index in [4.69, 9.17) is 0 Å². The van der Waals surface area contributed by atoms with Gasteiger partial charge in [-0.15, -0.1) is 0 Å². The molecule has 0 bridgehead atoms. The van der Waals surface area contributed by atoms with Crippen LogP contribution in [0.2, 0.25) is 0 Å². The molecule has 4 aromatic rings. The van der Waals surface area contributed by atoms with E-state index in [1.807, 2.05) is 30.3 Å². The van der Waals surface area contributed by atoms with Gasteiger partial charge >= 0.3 is 12.4 Å². The van der Waals surface area contributed by atoms with E-state index in [-0.39, 0.29) is 11.1 Å². The summed E-state index contributed by atoms with van der Waals surface area (Å²) in [6.45, 7) is 2.90. The van der Waals surface area contributed by atoms with Crippen molar-refractivity contribution in [2.45, 2.75) is 39.0 Å². The SMILES string of the molecule is Cc1ccc(C2=CCC3=CCc4c(-c5ccc(C)c(C(F)(F)F)c5)ccc5ccc2c3c45)cc1C(F)(F)F. The van der Waals surface area contributed by atoms with Gasteiger partial charge in [0.15, 0.2) is 0 Å². The van der Waals surface area contributed by atoms with E-state index in [0.29, 0.717) is 24.0 Å². The number of aryl methyl sites for hydroxylation is 2. The third kappa shape index (κ3) is 3.85. The zero-order chi connectivity index (χ0) is 27.0. The first kappa shape index (κ1) is 24.5. The Kier molecular flexibility index (Phi) is 5.39. The molecule has 4 aromatic carbocycles. The minimum atomic E-state index is -4.45. The first-order valence-electron chi connectivity index (χ1n) is 12.3. The van der Waals surface area contributed by atoms with Gasteiger partial charge in [0, 0.05) is 0 Å². The highest BCUT2D eigenvalue weighted by atomic mass is 19.4. The molecule has 0 saturated heterocycles. The van der Waals surface area contributed by atoms with Crippen molar-refractivity contribution in [1.82, 2.24) is 0 Å². The fourth-order valence-electron chi connectivity index (χ4n) is 5.83. The standard InChI is InChI=1S/C32H22F6/c1-17-3-5-21(15-27(17)31(33,34)35)23-11-7-19-10-14-26-24(12-8-20-9-13-25(23)29(19)30(20)26)22-6-4-18(2)28(16-22)32(36,37)38/h3-7,9-12,14-16H,8,13H2,1-2H3. The van der Waals surface area contributed by atoms with E-state index in [2.05, 4.69) is 6.08 Å². The molecule has 192 valence electrons. The Bertz CT molecular complexity index is 1700. The van der Waals surface area contributed by atoms with E-state index in [9.17, 15) is 26.3 Å². The molecule has 0 nitrogen and oxygen atoms in total. The molecule has 0 radical (unpaired) electrons. The summed E-state index contributed by atoms with van der Waals surface area (Å²) >= 11 is 0. The highest BCUT2D eigenvalue weighted by molar-refractivity contribution is 6.08. The second-order valence-corrected chi connectivity index (χ2v) is 9.99. The fraction of sp³-hybridized carbons (Fsp3) is 0.188. The Morgan fingerprint density at radius 3 is 1.82 bits per heavy atom. The predicted molar refractivity (Wildman–Crippen MR) is 139 cm³/mol. The molecular weight excluding hydrogens is 498 g/mol. The smallest absolute Gasteiger partial charge is 0.166 e. The molecule has 0 fully saturated rings. The van der Waals surface area contributed by atoms with Crippen molar-refractivity contribution in [3.8, 4) is 11.1 Å². The van der Waals surface area contributed by atoms with Crippen molar-refractivity contribution in [3.05, 3.63) is 117 Å². The third-order valence-electron chi connectivity index (χ3n) is 7.69. The van der Waals surface area contributed by atoms with Crippen LogP contribution < -0.4 is 0 Å². The van der Waals surface area contributed by atoms with E-state index in [0.717, 1.165) is 44.2 Å². The van der Waals surface area contributed by atoms with Crippen LogP contribution in [0.3, 0.4) is 0 Å². The fourth-order valence-corrected chi connectivity index (χ4v) is 5.83. The van der Waals surface area contributed by atoms with Gasteiger partial charge in [-0.25, -0.2) is 0 Å². The Hall–Kier alpha value is -3.80. The number of halogens is 6. The molecule has 6 rings (SSSR count). The number of rotatable bonds is 2. The maximum atomic E-state index is 13.7. The number of hydrogen-bond donors (Lipinski definition) is 0. The number of alkyl halides is 6. The van der Waals surface area contributed by atoms with Gasteiger partial charge in [0.1, 0.15) is 0 Å². The molecule has 2 aliphatic rings. The molecular formula is C32H22F6. The number of allylic oxidation sites excluding steroid dienone is 3. The van der Waals surface area contributed by atoms with Crippen molar-refractivity contribution in [2.24, 2.45) is 0 Å². The van der Waals surface area contributed by atoms with Gasteiger partial charge in [0.2, 0.25) is 0 Å². The van der Waals surface area contributed by atoms with E-state index in [1.54, 1.807) is 12.1 Å². The lowest BCUT2D eigenvalue weighted by Crippen LogP contribution is -2.10. The highest BCUT2D eigenvalue weighted by Gasteiger charge is 2.34. The van der Waals surface area contributed by atoms with E-state index in [1.165, 1.54) is 38.1 Å². The van der Waals surface area contributed by atoms with Crippen LogP contribution in [0.5, 0.6) is 0 Å². The van der Waals surface area contributed by atoms with E-state index >= 15 is 0 Å². The van der Waals surface area contributed by atoms with Crippen LogP contribution in [0.15, 0.2) is 72.8 Å². The molecule has 38 heavy (non-hydrogen) atoms. The summed E-state index contributed by atoms with van der Waals surface area (Å²) in [6.07, 6.45) is -3.71. The summed E-state index contributed by atoms with van der Waals surface area (Å²) in [4.78, 5) is 0. The van der Waals surface area contributed by atoms with Gasteiger partial charge in [0.25, 0.3) is 0 Å². The second-order valence-electron chi connectivity index (χ2n) is 9.99. The lowest BCUT2D eigenvalue weighted by atomic mass is 9.75. The topological polar surface area (TPSA) is 0 Å². The van der Waals surface area contributed by atoms with Crippen LogP contribution >= 0.6 is 0 Å². The lowest BCUT2D eigenvalue weighted by Gasteiger charge is -2.28. The van der Waals surface area contributed by atoms with Crippen molar-refractivity contribution in [1.29, 1.82) is 0 Å². The van der Waals surface area contributed by atoms with Crippen LogP contribution in [0.1, 0.15) is 50.9 Å². The molecule has 0 aliphatic heterocycles. The largest absolute Gasteiger partial charge is 0.416 e. The first-order chi connectivity index (χ1) is 17.9. The van der Waals surface area contributed by atoms with Crippen LogP contribution in [0, 0.1) is 13.8 Å². The van der Waals surface area contributed by atoms with Gasteiger partial charge in [-0.2, -0.15) is 26.3 Å². The summed E-state index contributed by atoms with van der Waals surface area (Å²) in [5, 5.41) is 1.91. The molecule has 0 heterocycles. The molecule has 6 heteroatoms. The van der Waals surface area contributed by atoms with Crippen LogP contribution in [-0.4, -0.2) is 0 Å². The summed E-state index contributed by atoms with van der Waals surface area (Å²) in [7, 11) is 0. The zero-order valence-electron chi connectivity index (χ0n) is 20.6. The number of benzene rings is 4. The van der Waals surface area contributed by atoms with Crippen LogP contribution in [0.25, 0.3) is 33.0 Å². The maximum Gasteiger partial charge on any atom is 0.416 e. The van der Waals surface area contributed by atoms with Crippen LogP contribution in [-0.2, 0) is 18.8 Å². The van der Waals surface area contributed by atoms with E-state index < -0.39 is 23.5 Å². The average molecular weight is 521 g/mol. The zero-order valence-corrected chi connectivity index (χ0v) is 20.6. The number of hydrogen-bond acceptors (Lipinski definition) is 0. The molecule has 0 N–H and O–H groups in total. The summed E-state index contributed by atoms with van der Waals surface area (Å²) in [6, 6.07) is 16.5. The summed E-state index contributed by atoms with van der Waals surface area (Å²) in [5.74, 6) is 0. The maximum absolute atomic E-state index is 13.7. The average Bonchev–Trinajstić information content (AvgIpc) is 2.86. The summed E-state index contributed by atoms with van der Waals surface area (Å²) in [5.41, 5.74) is 5.29.